The van der Waals surface area contributed by atoms with Gasteiger partial charge in [0, 0.05) is 12.1 Å². The molecule has 41 heavy (non-hydrogen) atoms. The summed E-state index contributed by atoms with van der Waals surface area (Å²) in [5, 5.41) is 9.69. The number of ether oxygens (including phenoxy) is 3. The summed E-state index contributed by atoms with van der Waals surface area (Å²) in [5.41, 5.74) is 0.571. The maximum absolute atomic E-state index is 9.69. The third kappa shape index (κ3) is 20.6. The van der Waals surface area contributed by atoms with Crippen molar-refractivity contribution in [3.63, 3.8) is 0 Å². The first-order valence-corrected chi connectivity index (χ1v) is 17.7. The topological polar surface area (TPSA) is 51.5 Å². The van der Waals surface area contributed by atoms with Crippen molar-refractivity contribution in [3.05, 3.63) is 17.7 Å². The zero-order chi connectivity index (χ0) is 29.6. The Labute approximate surface area is 254 Å². The highest BCUT2D eigenvalue weighted by molar-refractivity contribution is 5.56. The number of benzene rings is 1. The van der Waals surface area contributed by atoms with Crippen molar-refractivity contribution in [2.45, 2.75) is 175 Å². The predicted molar refractivity (Wildman–Crippen MR) is 175 cm³/mol. The summed E-state index contributed by atoms with van der Waals surface area (Å²) in [6.45, 7) is 8.74. The molecule has 1 aromatic carbocycles. The highest BCUT2D eigenvalue weighted by Gasteiger charge is 2.16. The lowest BCUT2D eigenvalue weighted by Gasteiger charge is -2.18. The van der Waals surface area contributed by atoms with Gasteiger partial charge in [0.1, 0.15) is 0 Å². The minimum atomic E-state index is 0.571. The van der Waals surface area contributed by atoms with Crippen LogP contribution in [-0.4, -0.2) is 19.8 Å². The van der Waals surface area contributed by atoms with Gasteiger partial charge in [-0.2, -0.15) is 5.26 Å². The number of unbranched alkanes of at least 4 members (excludes halogenated alkanes) is 21. The number of rotatable bonds is 30. The molecule has 0 fully saturated rings. The molecule has 0 heterocycles. The van der Waals surface area contributed by atoms with E-state index in [1.54, 1.807) is 0 Å². The first-order valence-electron chi connectivity index (χ1n) is 17.7. The van der Waals surface area contributed by atoms with Gasteiger partial charge in [-0.1, -0.05) is 156 Å². The molecule has 0 saturated heterocycles. The van der Waals surface area contributed by atoms with E-state index in [1.165, 1.54) is 135 Å². The van der Waals surface area contributed by atoms with Crippen LogP contribution in [0, 0.1) is 11.3 Å². The van der Waals surface area contributed by atoms with Crippen molar-refractivity contribution in [1.82, 2.24) is 0 Å². The lowest BCUT2D eigenvalue weighted by atomic mass is 10.1. The Bertz CT molecular complexity index is 714. The lowest BCUT2D eigenvalue weighted by Crippen LogP contribution is -2.07. The van der Waals surface area contributed by atoms with Crippen LogP contribution in [0.4, 0.5) is 0 Å². The van der Waals surface area contributed by atoms with E-state index in [0.717, 1.165) is 19.3 Å². The highest BCUT2D eigenvalue weighted by atomic mass is 16.5. The molecule has 0 N–H and O–H groups in total. The third-order valence-corrected chi connectivity index (χ3v) is 7.91. The smallest absolute Gasteiger partial charge is 0.203 e. The van der Waals surface area contributed by atoms with Crippen LogP contribution in [0.2, 0.25) is 0 Å². The van der Waals surface area contributed by atoms with Crippen LogP contribution in [0.15, 0.2) is 12.1 Å². The molecule has 0 unspecified atom stereocenters. The van der Waals surface area contributed by atoms with Crippen molar-refractivity contribution in [2.75, 3.05) is 19.8 Å². The number of nitriles is 1. The first-order chi connectivity index (χ1) is 20.3. The molecule has 0 aliphatic carbocycles. The van der Waals surface area contributed by atoms with E-state index in [-0.39, 0.29) is 0 Å². The fourth-order valence-electron chi connectivity index (χ4n) is 5.24. The van der Waals surface area contributed by atoms with Crippen molar-refractivity contribution >= 4 is 0 Å². The molecule has 0 radical (unpaired) electrons. The van der Waals surface area contributed by atoms with E-state index >= 15 is 0 Å². The summed E-state index contributed by atoms with van der Waals surface area (Å²) in [4.78, 5) is 0. The van der Waals surface area contributed by atoms with E-state index in [4.69, 9.17) is 14.2 Å². The maximum atomic E-state index is 9.69. The Morgan fingerprint density at radius 2 is 0.732 bits per heavy atom. The molecule has 4 heteroatoms. The maximum Gasteiger partial charge on any atom is 0.203 e. The summed E-state index contributed by atoms with van der Waals surface area (Å²) >= 11 is 0. The van der Waals surface area contributed by atoms with E-state index in [1.807, 2.05) is 12.1 Å². The largest absolute Gasteiger partial charge is 0.489 e. The van der Waals surface area contributed by atoms with Crippen molar-refractivity contribution in [2.24, 2.45) is 0 Å². The fourth-order valence-corrected chi connectivity index (χ4v) is 5.24. The number of nitrogens with zero attached hydrogens (tertiary/aromatic N) is 1. The highest BCUT2D eigenvalue weighted by Crippen LogP contribution is 2.39. The average molecular weight is 572 g/mol. The second kappa shape index (κ2) is 28.2. The second-order valence-corrected chi connectivity index (χ2v) is 11.9. The molecule has 0 aliphatic rings. The van der Waals surface area contributed by atoms with E-state index < -0.39 is 0 Å². The summed E-state index contributed by atoms with van der Waals surface area (Å²) in [6.07, 6.45) is 30.4. The molecule has 0 spiro atoms. The van der Waals surface area contributed by atoms with Gasteiger partial charge in [0.2, 0.25) is 5.75 Å². The normalized spacial score (nSPS) is 11.0. The summed E-state index contributed by atoms with van der Waals surface area (Å²) in [6, 6.07) is 5.96. The molecular weight excluding hydrogens is 506 g/mol. The number of hydrogen-bond acceptors (Lipinski definition) is 4. The number of hydrogen-bond donors (Lipinski definition) is 0. The van der Waals surface area contributed by atoms with Crippen LogP contribution >= 0.6 is 0 Å². The molecule has 0 aromatic heterocycles. The van der Waals surface area contributed by atoms with Gasteiger partial charge in [-0.3, -0.25) is 0 Å². The van der Waals surface area contributed by atoms with E-state index in [0.29, 0.717) is 42.6 Å². The van der Waals surface area contributed by atoms with E-state index in [2.05, 4.69) is 26.8 Å². The molecule has 0 amide bonds. The van der Waals surface area contributed by atoms with E-state index in [9.17, 15) is 5.26 Å². The molecular formula is C37H65NO3. The summed E-state index contributed by atoms with van der Waals surface area (Å²) in [7, 11) is 0. The monoisotopic (exact) mass is 571 g/mol. The van der Waals surface area contributed by atoms with Crippen molar-refractivity contribution in [1.29, 1.82) is 5.26 Å². The van der Waals surface area contributed by atoms with Crippen LogP contribution < -0.4 is 14.2 Å². The summed E-state index contributed by atoms with van der Waals surface area (Å²) < 4.78 is 18.8. The second-order valence-electron chi connectivity index (χ2n) is 11.9. The predicted octanol–water partition coefficient (Wildman–Crippen LogP) is 12.1. The standard InChI is InChI=1S/C37H65NO3/c1-4-7-10-13-16-19-22-25-28-39-35-31-34(33-38)32-36(40-29-26-23-20-17-14-11-8-5-2)37(35)41-30-27-24-21-18-15-12-9-6-3/h31-32H,4-30H2,1-3H3. The Kier molecular flexibility index (Phi) is 25.6. The Balaban J connectivity index is 2.61. The molecule has 0 atom stereocenters. The van der Waals surface area contributed by atoms with Gasteiger partial charge in [-0.05, 0) is 19.3 Å². The SMILES string of the molecule is CCCCCCCCCCOc1cc(C#N)cc(OCCCCCCCCCC)c1OCCCCCCCCCC. The first kappa shape index (κ1) is 37.1. The minimum absolute atomic E-state index is 0.571. The Morgan fingerprint density at radius 3 is 1.05 bits per heavy atom. The van der Waals surface area contributed by atoms with Gasteiger partial charge < -0.3 is 14.2 Å². The van der Waals surface area contributed by atoms with Gasteiger partial charge in [0.15, 0.2) is 11.5 Å². The van der Waals surface area contributed by atoms with Gasteiger partial charge in [-0.15, -0.1) is 0 Å². The molecule has 236 valence electrons. The summed E-state index contributed by atoms with van der Waals surface area (Å²) in [5.74, 6) is 2.01. The third-order valence-electron chi connectivity index (χ3n) is 7.91. The molecule has 1 aromatic rings. The van der Waals surface area contributed by atoms with Gasteiger partial charge in [0.05, 0.1) is 31.5 Å². The zero-order valence-corrected chi connectivity index (χ0v) is 27.4. The average Bonchev–Trinajstić information content (AvgIpc) is 2.99. The molecule has 0 saturated carbocycles. The lowest BCUT2D eigenvalue weighted by molar-refractivity contribution is 0.234. The quantitative estimate of drug-likeness (QED) is 0.0862. The van der Waals surface area contributed by atoms with Crippen molar-refractivity contribution in [3.8, 4) is 23.3 Å². The molecule has 4 nitrogen and oxygen atoms in total. The van der Waals surface area contributed by atoms with Gasteiger partial charge >= 0.3 is 0 Å². The van der Waals surface area contributed by atoms with Crippen molar-refractivity contribution < 1.29 is 14.2 Å². The zero-order valence-electron chi connectivity index (χ0n) is 27.4. The fraction of sp³-hybridized carbons (Fsp3) is 0.811. The molecule has 0 aliphatic heterocycles. The van der Waals surface area contributed by atoms with Crippen LogP contribution in [0.3, 0.4) is 0 Å². The molecule has 0 bridgehead atoms. The van der Waals surface area contributed by atoms with Crippen LogP contribution in [0.5, 0.6) is 17.2 Å². The van der Waals surface area contributed by atoms with Crippen LogP contribution in [0.1, 0.15) is 180 Å². The Morgan fingerprint density at radius 1 is 0.439 bits per heavy atom. The van der Waals surface area contributed by atoms with Crippen LogP contribution in [0.25, 0.3) is 0 Å². The van der Waals surface area contributed by atoms with Crippen LogP contribution in [-0.2, 0) is 0 Å². The Hall–Kier alpha value is -1.89. The minimum Gasteiger partial charge on any atom is -0.489 e. The van der Waals surface area contributed by atoms with Gasteiger partial charge in [-0.25, -0.2) is 0 Å². The van der Waals surface area contributed by atoms with Gasteiger partial charge in [0.25, 0.3) is 0 Å². The molecule has 1 rings (SSSR count).